The minimum Gasteiger partial charge on any atom is -0.454 e. The van der Waals surface area contributed by atoms with Crippen molar-refractivity contribution in [2.24, 2.45) is 0 Å². The first kappa shape index (κ1) is 25.0. The molecule has 2 aliphatic heterocycles. The van der Waals surface area contributed by atoms with Crippen molar-refractivity contribution in [3.05, 3.63) is 76.2 Å². The summed E-state index contributed by atoms with van der Waals surface area (Å²) in [6, 6.07) is 14.7. The number of hydrogen-bond acceptors (Lipinski definition) is 6. The Morgan fingerprint density at radius 2 is 1.92 bits per heavy atom. The third kappa shape index (κ3) is 6.58. The van der Waals surface area contributed by atoms with Crippen molar-refractivity contribution in [2.75, 3.05) is 31.8 Å². The Morgan fingerprint density at radius 3 is 2.70 bits per heavy atom. The summed E-state index contributed by atoms with van der Waals surface area (Å²) in [6.45, 7) is 1.68. The van der Waals surface area contributed by atoms with E-state index in [0.717, 1.165) is 23.3 Å². The third-order valence-corrected chi connectivity index (χ3v) is 7.09. The first-order chi connectivity index (χ1) is 18.0. The zero-order valence-corrected chi connectivity index (χ0v) is 21.0. The second-order valence-electron chi connectivity index (χ2n) is 8.97. The van der Waals surface area contributed by atoms with Gasteiger partial charge in [-0.2, -0.15) is 0 Å². The van der Waals surface area contributed by atoms with Gasteiger partial charge in [0.1, 0.15) is 12.4 Å². The van der Waals surface area contributed by atoms with Crippen LogP contribution in [0.15, 0.2) is 60.0 Å². The number of ether oxygens (including phenoxy) is 3. The van der Waals surface area contributed by atoms with Crippen LogP contribution in [-0.2, 0) is 22.6 Å². The maximum Gasteiger partial charge on any atom is 0.322 e. The molecule has 0 radical (unpaired) electrons. The molecule has 0 bridgehead atoms. The van der Waals surface area contributed by atoms with Crippen molar-refractivity contribution in [3.63, 3.8) is 0 Å². The first-order valence-electron chi connectivity index (χ1n) is 12.2. The molecule has 194 valence electrons. The van der Waals surface area contributed by atoms with E-state index in [1.807, 2.05) is 35.7 Å². The lowest BCUT2D eigenvalue weighted by atomic mass is 10.1. The Labute approximate surface area is 218 Å². The van der Waals surface area contributed by atoms with Gasteiger partial charge >= 0.3 is 6.03 Å². The number of rotatable bonds is 9. The summed E-state index contributed by atoms with van der Waals surface area (Å²) in [5.41, 5.74) is 1.22. The van der Waals surface area contributed by atoms with Crippen LogP contribution in [0.5, 0.6) is 11.5 Å². The highest BCUT2D eigenvalue weighted by molar-refractivity contribution is 7.09. The number of anilines is 1. The number of amides is 3. The average Bonchev–Trinajstić information content (AvgIpc) is 3.66. The summed E-state index contributed by atoms with van der Waals surface area (Å²) in [5.74, 6) is 0.663. The molecule has 37 heavy (non-hydrogen) atoms. The second-order valence-corrected chi connectivity index (χ2v) is 10.0. The number of fused-ring (bicyclic) bond motifs is 1. The molecule has 3 amide bonds. The fourth-order valence-corrected chi connectivity index (χ4v) is 5.09. The molecular formula is C27H28FN3O5S. The first-order valence-corrected chi connectivity index (χ1v) is 13.0. The molecule has 2 aliphatic rings. The highest BCUT2D eigenvalue weighted by Crippen LogP contribution is 2.33. The van der Waals surface area contributed by atoms with E-state index in [2.05, 4.69) is 5.32 Å². The third-order valence-electron chi connectivity index (χ3n) is 6.23. The SMILES string of the molecule is O=C(CN(CC1CCCO1)C(=O)Nc1cccc(F)c1)N(Cc1ccc2c(c1)OCO2)Cc1cccs1. The van der Waals surface area contributed by atoms with Crippen molar-refractivity contribution in [1.82, 2.24) is 9.80 Å². The quantitative estimate of drug-likeness (QED) is 0.432. The Bertz CT molecular complexity index is 1230. The molecule has 1 atom stereocenters. The van der Waals surface area contributed by atoms with Gasteiger partial charge in [0.15, 0.2) is 11.5 Å². The molecule has 0 spiro atoms. The van der Waals surface area contributed by atoms with Crippen LogP contribution >= 0.6 is 11.3 Å². The fraction of sp³-hybridized carbons (Fsp3) is 0.333. The Morgan fingerprint density at radius 1 is 1.03 bits per heavy atom. The van der Waals surface area contributed by atoms with Crippen molar-refractivity contribution >= 4 is 29.0 Å². The van der Waals surface area contributed by atoms with Crippen molar-refractivity contribution in [2.45, 2.75) is 32.0 Å². The summed E-state index contributed by atoms with van der Waals surface area (Å²) in [7, 11) is 0. The molecule has 0 aliphatic carbocycles. The highest BCUT2D eigenvalue weighted by atomic mass is 32.1. The lowest BCUT2D eigenvalue weighted by Gasteiger charge is -2.29. The Balaban J connectivity index is 1.33. The standard InChI is InChI=1S/C27H28FN3O5S/c28-20-4-1-5-21(13-20)29-27(33)31(15-22-6-2-10-34-22)17-26(32)30(16-23-7-3-11-37-23)14-19-8-9-24-25(12-19)36-18-35-24/h1,3-5,7-9,11-13,22H,2,6,10,14-18H2,(H,29,33). The molecule has 3 aromatic rings. The van der Waals surface area contributed by atoms with Gasteiger partial charge < -0.3 is 29.3 Å². The predicted molar refractivity (Wildman–Crippen MR) is 137 cm³/mol. The number of benzene rings is 2. The Kier molecular flexibility index (Phi) is 7.86. The number of urea groups is 1. The summed E-state index contributed by atoms with van der Waals surface area (Å²) >= 11 is 1.57. The van der Waals surface area contributed by atoms with Crippen LogP contribution in [0, 0.1) is 5.82 Å². The van der Waals surface area contributed by atoms with Gasteiger partial charge in [-0.25, -0.2) is 9.18 Å². The second kappa shape index (κ2) is 11.6. The largest absolute Gasteiger partial charge is 0.454 e. The molecule has 1 unspecified atom stereocenters. The van der Waals surface area contributed by atoms with Crippen LogP contribution in [0.25, 0.3) is 0 Å². The molecule has 1 aromatic heterocycles. The number of halogens is 1. The Hall–Kier alpha value is -3.63. The van der Waals surface area contributed by atoms with E-state index in [-0.39, 0.29) is 31.9 Å². The predicted octanol–water partition coefficient (Wildman–Crippen LogP) is 4.86. The topological polar surface area (TPSA) is 80.3 Å². The van der Waals surface area contributed by atoms with Crippen LogP contribution in [0.2, 0.25) is 0 Å². The van der Waals surface area contributed by atoms with Crippen molar-refractivity contribution < 1.29 is 28.2 Å². The number of hydrogen-bond donors (Lipinski definition) is 1. The van der Waals surface area contributed by atoms with Gasteiger partial charge in [0, 0.05) is 30.3 Å². The maximum absolute atomic E-state index is 13.7. The highest BCUT2D eigenvalue weighted by Gasteiger charge is 2.27. The van der Waals surface area contributed by atoms with E-state index in [1.54, 1.807) is 22.3 Å². The van der Waals surface area contributed by atoms with E-state index in [9.17, 15) is 14.0 Å². The maximum atomic E-state index is 13.7. The summed E-state index contributed by atoms with van der Waals surface area (Å²) in [6.07, 6.45) is 1.58. The fourth-order valence-electron chi connectivity index (χ4n) is 4.37. The monoisotopic (exact) mass is 525 g/mol. The molecule has 3 heterocycles. The van der Waals surface area contributed by atoms with Crippen LogP contribution in [0.1, 0.15) is 23.3 Å². The van der Waals surface area contributed by atoms with E-state index in [0.29, 0.717) is 36.9 Å². The molecule has 1 fully saturated rings. The summed E-state index contributed by atoms with van der Waals surface area (Å²) in [5, 5.41) is 4.68. The van der Waals surface area contributed by atoms with Gasteiger partial charge in [0.25, 0.3) is 0 Å². The number of carbonyl (C=O) groups is 2. The number of thiophene rings is 1. The minimum atomic E-state index is -0.478. The van der Waals surface area contributed by atoms with Crippen LogP contribution in [0.3, 0.4) is 0 Å². The molecule has 0 saturated carbocycles. The van der Waals surface area contributed by atoms with Crippen LogP contribution in [-0.4, -0.2) is 54.3 Å². The van der Waals surface area contributed by atoms with E-state index in [1.165, 1.54) is 23.1 Å². The zero-order valence-electron chi connectivity index (χ0n) is 20.2. The molecule has 2 aromatic carbocycles. The lowest BCUT2D eigenvalue weighted by molar-refractivity contribution is -0.133. The van der Waals surface area contributed by atoms with Crippen molar-refractivity contribution in [3.8, 4) is 11.5 Å². The summed E-state index contributed by atoms with van der Waals surface area (Å²) < 4.78 is 30.3. The smallest absolute Gasteiger partial charge is 0.322 e. The number of carbonyl (C=O) groups excluding carboxylic acids is 2. The van der Waals surface area contributed by atoms with Crippen molar-refractivity contribution in [1.29, 1.82) is 0 Å². The van der Waals surface area contributed by atoms with Gasteiger partial charge in [-0.15, -0.1) is 11.3 Å². The molecule has 10 heteroatoms. The van der Waals surface area contributed by atoms with Gasteiger partial charge in [0.2, 0.25) is 12.7 Å². The molecule has 5 rings (SSSR count). The molecule has 8 nitrogen and oxygen atoms in total. The number of nitrogens with one attached hydrogen (secondary N) is 1. The van der Waals surface area contributed by atoms with Crippen LogP contribution in [0.4, 0.5) is 14.9 Å². The minimum absolute atomic E-state index is 0.142. The van der Waals surface area contributed by atoms with E-state index >= 15 is 0 Å². The van der Waals surface area contributed by atoms with Gasteiger partial charge in [-0.3, -0.25) is 4.79 Å². The zero-order chi connectivity index (χ0) is 25.6. The van der Waals surface area contributed by atoms with E-state index in [4.69, 9.17) is 14.2 Å². The van der Waals surface area contributed by atoms with Gasteiger partial charge in [-0.1, -0.05) is 18.2 Å². The lowest BCUT2D eigenvalue weighted by Crippen LogP contribution is -2.46. The normalized spacial score (nSPS) is 16.0. The average molecular weight is 526 g/mol. The van der Waals surface area contributed by atoms with Gasteiger partial charge in [0.05, 0.1) is 12.6 Å². The number of nitrogens with zero attached hydrogens (tertiary/aromatic N) is 2. The van der Waals surface area contributed by atoms with Gasteiger partial charge in [-0.05, 0) is 60.2 Å². The molecular weight excluding hydrogens is 497 g/mol. The summed E-state index contributed by atoms with van der Waals surface area (Å²) in [4.78, 5) is 31.1. The van der Waals surface area contributed by atoms with Crippen LogP contribution < -0.4 is 14.8 Å². The van der Waals surface area contributed by atoms with E-state index < -0.39 is 11.8 Å². The molecule has 1 saturated heterocycles. The molecule has 1 N–H and O–H groups in total.